The van der Waals surface area contributed by atoms with Gasteiger partial charge in [-0.3, -0.25) is 4.79 Å². The summed E-state index contributed by atoms with van der Waals surface area (Å²) >= 11 is 0. The van der Waals surface area contributed by atoms with Gasteiger partial charge in [-0.25, -0.2) is 13.2 Å². The highest BCUT2D eigenvalue weighted by molar-refractivity contribution is 5.76. The van der Waals surface area contributed by atoms with Gasteiger partial charge < -0.3 is 15.2 Å². The van der Waals surface area contributed by atoms with Gasteiger partial charge in [-0.15, -0.1) is 0 Å². The number of halogens is 3. The summed E-state index contributed by atoms with van der Waals surface area (Å²) in [6, 6.07) is 5.71. The van der Waals surface area contributed by atoms with Crippen LogP contribution in [0.25, 0.3) is 0 Å². The molecule has 0 saturated carbocycles. The molecule has 2 N–H and O–H groups in total. The van der Waals surface area contributed by atoms with Crippen LogP contribution in [0.3, 0.4) is 0 Å². The Hall–Kier alpha value is -1.76. The smallest absolute Gasteiger partial charge is 0.265 e. The van der Waals surface area contributed by atoms with Crippen molar-refractivity contribution < 1.29 is 27.8 Å². The van der Waals surface area contributed by atoms with E-state index in [1.165, 1.54) is 18.2 Å². The van der Waals surface area contributed by atoms with Crippen LogP contribution in [-0.2, 0) is 4.79 Å². The molecule has 1 atom stereocenters. The molecule has 0 bridgehead atoms. The lowest BCUT2D eigenvalue weighted by atomic mass is 10.3. The van der Waals surface area contributed by atoms with E-state index in [0.29, 0.717) is 0 Å². The first-order valence-electron chi connectivity index (χ1n) is 5.61. The lowest BCUT2D eigenvalue weighted by Gasteiger charge is -2.11. The molecule has 0 aliphatic carbocycles. The summed E-state index contributed by atoms with van der Waals surface area (Å²) in [4.78, 5) is 11.2. The van der Waals surface area contributed by atoms with Gasteiger partial charge in [0, 0.05) is 6.54 Å². The molecule has 0 aliphatic heterocycles. The van der Waals surface area contributed by atoms with Crippen LogP contribution in [0, 0.1) is 5.82 Å². The Morgan fingerprint density at radius 2 is 2.05 bits per heavy atom. The molecule has 7 heteroatoms. The van der Waals surface area contributed by atoms with E-state index in [1.54, 1.807) is 6.07 Å². The second-order valence-corrected chi connectivity index (χ2v) is 3.73. The molecule has 0 spiro atoms. The molecule has 0 aromatic heterocycles. The third-order valence-corrected chi connectivity index (χ3v) is 2.22. The third-order valence-electron chi connectivity index (χ3n) is 2.22. The number of para-hydroxylation sites is 1. The Morgan fingerprint density at radius 3 is 2.68 bits per heavy atom. The van der Waals surface area contributed by atoms with Crippen LogP contribution < -0.4 is 10.1 Å². The highest BCUT2D eigenvalue weighted by atomic mass is 19.3. The fourth-order valence-electron chi connectivity index (χ4n) is 1.21. The topological polar surface area (TPSA) is 58.6 Å². The maximum atomic E-state index is 13.1. The number of hydrogen-bond donors (Lipinski definition) is 2. The van der Waals surface area contributed by atoms with Gasteiger partial charge in [0.05, 0.1) is 13.0 Å². The molecular weight excluding hydrogens is 263 g/mol. The lowest BCUT2D eigenvalue weighted by molar-refractivity contribution is -0.122. The average molecular weight is 277 g/mol. The van der Waals surface area contributed by atoms with Gasteiger partial charge in [-0.05, 0) is 12.1 Å². The van der Waals surface area contributed by atoms with Gasteiger partial charge in [-0.1, -0.05) is 12.1 Å². The van der Waals surface area contributed by atoms with Crippen LogP contribution in [0.2, 0.25) is 0 Å². The van der Waals surface area contributed by atoms with Gasteiger partial charge in [0.2, 0.25) is 5.91 Å². The first kappa shape index (κ1) is 15.3. The minimum atomic E-state index is -2.91. The van der Waals surface area contributed by atoms with Crippen molar-refractivity contribution in [3.05, 3.63) is 30.1 Å². The number of rotatable bonds is 7. The number of hydrogen-bond acceptors (Lipinski definition) is 3. The zero-order valence-corrected chi connectivity index (χ0v) is 9.98. The Labute approximate surface area is 108 Å². The standard InChI is InChI=1S/C12H14F3NO3/c13-8-3-1-2-4-10(8)19-6-5-11(18)16-7-9(17)12(14)15/h1-4,9,12,17H,5-7H2,(H,16,18). The zero-order chi connectivity index (χ0) is 14.3. The normalized spacial score (nSPS) is 12.3. The molecule has 0 saturated heterocycles. The van der Waals surface area contributed by atoms with Gasteiger partial charge in [0.25, 0.3) is 6.43 Å². The summed E-state index contributed by atoms with van der Waals surface area (Å²) in [6.45, 7) is -0.617. The Morgan fingerprint density at radius 1 is 1.37 bits per heavy atom. The van der Waals surface area contributed by atoms with E-state index >= 15 is 0 Å². The van der Waals surface area contributed by atoms with Crippen LogP contribution in [0.5, 0.6) is 5.75 Å². The molecule has 0 heterocycles. The predicted octanol–water partition coefficient (Wildman–Crippen LogP) is 1.34. The van der Waals surface area contributed by atoms with Crippen molar-refractivity contribution in [1.29, 1.82) is 0 Å². The summed E-state index contributed by atoms with van der Waals surface area (Å²) in [5, 5.41) is 10.9. The Balaban J connectivity index is 2.23. The maximum absolute atomic E-state index is 13.1. The van der Waals surface area contributed by atoms with Crippen LogP contribution in [0.4, 0.5) is 13.2 Å². The molecule has 1 amide bonds. The molecule has 0 fully saturated rings. The van der Waals surface area contributed by atoms with Crippen molar-refractivity contribution in [2.75, 3.05) is 13.2 Å². The van der Waals surface area contributed by atoms with Crippen molar-refractivity contribution in [2.24, 2.45) is 0 Å². The molecule has 1 unspecified atom stereocenters. The van der Waals surface area contributed by atoms with E-state index in [0.717, 1.165) is 0 Å². The van der Waals surface area contributed by atoms with Gasteiger partial charge in [-0.2, -0.15) is 0 Å². The van der Waals surface area contributed by atoms with Crippen LogP contribution >= 0.6 is 0 Å². The van der Waals surface area contributed by atoms with Crippen molar-refractivity contribution in [1.82, 2.24) is 5.32 Å². The molecule has 1 rings (SSSR count). The number of carbonyl (C=O) groups excluding carboxylic acids is 1. The first-order chi connectivity index (χ1) is 9.00. The van der Waals surface area contributed by atoms with E-state index < -0.39 is 30.8 Å². The van der Waals surface area contributed by atoms with Gasteiger partial charge in [0.1, 0.15) is 6.10 Å². The van der Waals surface area contributed by atoms with E-state index in [4.69, 9.17) is 9.84 Å². The molecule has 1 aromatic rings. The van der Waals surface area contributed by atoms with E-state index in [-0.39, 0.29) is 18.8 Å². The molecule has 4 nitrogen and oxygen atoms in total. The monoisotopic (exact) mass is 277 g/mol. The summed E-state index contributed by atoms with van der Waals surface area (Å²) in [6.07, 6.45) is -4.92. The van der Waals surface area contributed by atoms with Crippen molar-refractivity contribution in [2.45, 2.75) is 19.0 Å². The largest absolute Gasteiger partial charge is 0.490 e. The fourth-order valence-corrected chi connectivity index (χ4v) is 1.21. The number of ether oxygens (including phenoxy) is 1. The van der Waals surface area contributed by atoms with E-state index in [1.807, 2.05) is 0 Å². The van der Waals surface area contributed by atoms with Crippen molar-refractivity contribution in [3.63, 3.8) is 0 Å². The zero-order valence-electron chi connectivity index (χ0n) is 9.98. The Kier molecular flexibility index (Phi) is 6.14. The van der Waals surface area contributed by atoms with Crippen LogP contribution in [-0.4, -0.2) is 36.7 Å². The highest BCUT2D eigenvalue weighted by Crippen LogP contribution is 2.15. The molecule has 19 heavy (non-hydrogen) atoms. The number of benzene rings is 1. The second kappa shape index (κ2) is 7.63. The predicted molar refractivity (Wildman–Crippen MR) is 61.5 cm³/mol. The summed E-state index contributed by atoms with van der Waals surface area (Å²) in [7, 11) is 0. The minimum absolute atomic E-state index is 0.0166. The summed E-state index contributed by atoms with van der Waals surface area (Å²) < 4.78 is 42.0. The Bertz CT molecular complexity index is 415. The molecule has 106 valence electrons. The van der Waals surface area contributed by atoms with Gasteiger partial charge >= 0.3 is 0 Å². The molecular formula is C12H14F3NO3. The lowest BCUT2D eigenvalue weighted by Crippen LogP contribution is -2.36. The maximum Gasteiger partial charge on any atom is 0.265 e. The van der Waals surface area contributed by atoms with Crippen molar-refractivity contribution in [3.8, 4) is 5.75 Å². The number of nitrogens with one attached hydrogen (secondary N) is 1. The number of amides is 1. The van der Waals surface area contributed by atoms with Gasteiger partial charge in [0.15, 0.2) is 11.6 Å². The van der Waals surface area contributed by atoms with Crippen molar-refractivity contribution >= 4 is 5.91 Å². The summed E-state index contributed by atoms with van der Waals surface area (Å²) in [5.74, 6) is -1.09. The van der Waals surface area contributed by atoms with Crippen LogP contribution in [0.15, 0.2) is 24.3 Å². The molecule has 1 aromatic carbocycles. The SMILES string of the molecule is O=C(CCOc1ccccc1F)NCC(O)C(F)F. The number of aliphatic hydroxyl groups is 1. The minimum Gasteiger partial charge on any atom is -0.490 e. The average Bonchev–Trinajstić information content (AvgIpc) is 2.38. The number of aliphatic hydroxyl groups excluding tert-OH is 1. The van der Waals surface area contributed by atoms with E-state index in [2.05, 4.69) is 5.32 Å². The second-order valence-electron chi connectivity index (χ2n) is 3.73. The number of carbonyl (C=O) groups is 1. The van der Waals surface area contributed by atoms with Crippen LogP contribution in [0.1, 0.15) is 6.42 Å². The number of alkyl halides is 2. The highest BCUT2D eigenvalue weighted by Gasteiger charge is 2.17. The third kappa shape index (κ3) is 5.60. The van der Waals surface area contributed by atoms with E-state index in [9.17, 15) is 18.0 Å². The molecule has 0 radical (unpaired) electrons. The first-order valence-corrected chi connectivity index (χ1v) is 5.61. The quantitative estimate of drug-likeness (QED) is 0.790. The summed E-state index contributed by atoms with van der Waals surface area (Å²) in [5.41, 5.74) is 0. The fraction of sp³-hybridized carbons (Fsp3) is 0.417. The molecule has 0 aliphatic rings.